The predicted molar refractivity (Wildman–Crippen MR) is 108 cm³/mol. The van der Waals surface area contributed by atoms with Crippen molar-refractivity contribution in [3.63, 3.8) is 0 Å². The summed E-state index contributed by atoms with van der Waals surface area (Å²) in [6, 6.07) is 15.7. The number of fused-ring (bicyclic) bond motifs is 1. The molecule has 0 saturated carbocycles. The van der Waals surface area contributed by atoms with Crippen LogP contribution in [0.25, 0.3) is 10.9 Å². The molecule has 0 amide bonds. The summed E-state index contributed by atoms with van der Waals surface area (Å²) in [6.45, 7) is 3.12. The first-order valence-electron chi connectivity index (χ1n) is 9.05. The lowest BCUT2D eigenvalue weighted by atomic mass is 9.80. The van der Waals surface area contributed by atoms with E-state index in [1.807, 2.05) is 61.0 Å². The Kier molecular flexibility index (Phi) is 4.67. The molecule has 1 aromatic heterocycles. The summed E-state index contributed by atoms with van der Waals surface area (Å²) < 4.78 is 10.8. The monoisotopic (exact) mass is 395 g/mol. The van der Waals surface area contributed by atoms with Gasteiger partial charge >= 0.3 is 11.9 Å². The first-order valence-corrected chi connectivity index (χ1v) is 10.3. The van der Waals surface area contributed by atoms with Gasteiger partial charge in [-0.15, -0.1) is 11.8 Å². The zero-order chi connectivity index (χ0) is 19.9. The molecule has 0 unspecified atom stereocenters. The van der Waals surface area contributed by atoms with Gasteiger partial charge < -0.3 is 14.5 Å². The van der Waals surface area contributed by atoms with Gasteiger partial charge in [-0.2, -0.15) is 0 Å². The highest BCUT2D eigenvalue weighted by atomic mass is 32.2. The van der Waals surface area contributed by atoms with Crippen LogP contribution in [0.3, 0.4) is 0 Å². The van der Waals surface area contributed by atoms with Crippen molar-refractivity contribution < 1.29 is 19.1 Å². The van der Waals surface area contributed by atoms with E-state index in [-0.39, 0.29) is 0 Å². The second-order valence-electron chi connectivity index (χ2n) is 7.26. The molecular formula is C22H21NO4S. The summed E-state index contributed by atoms with van der Waals surface area (Å²) in [6.07, 6.45) is 3.86. The number of rotatable bonds is 4. The average molecular weight is 395 g/mol. The zero-order valence-electron chi connectivity index (χ0n) is 15.9. The highest BCUT2D eigenvalue weighted by molar-refractivity contribution is 7.98. The Bertz CT molecular complexity index is 1020. The number of H-pyrrole nitrogens is 1. The van der Waals surface area contributed by atoms with Gasteiger partial charge in [0.1, 0.15) is 0 Å². The molecule has 1 fully saturated rings. The number of thioether (sulfide) groups is 1. The topological polar surface area (TPSA) is 68.4 Å². The second-order valence-corrected chi connectivity index (χ2v) is 8.14. The first kappa shape index (κ1) is 18.6. The number of aromatic amines is 1. The number of carbonyl (C=O) groups excluding carboxylic acids is 2. The molecule has 1 atom stereocenters. The van der Waals surface area contributed by atoms with Gasteiger partial charge in [0, 0.05) is 41.8 Å². The maximum absolute atomic E-state index is 12.9. The van der Waals surface area contributed by atoms with Gasteiger partial charge in [-0.3, -0.25) is 9.59 Å². The lowest BCUT2D eigenvalue weighted by Gasteiger charge is -2.36. The molecule has 0 radical (unpaired) electrons. The largest absolute Gasteiger partial charge is 0.422 e. The van der Waals surface area contributed by atoms with Crippen molar-refractivity contribution in [1.29, 1.82) is 0 Å². The van der Waals surface area contributed by atoms with Gasteiger partial charge in [-0.1, -0.05) is 30.3 Å². The molecular weight excluding hydrogens is 374 g/mol. The first-order chi connectivity index (χ1) is 13.4. The van der Waals surface area contributed by atoms with E-state index in [9.17, 15) is 9.59 Å². The molecule has 6 heteroatoms. The van der Waals surface area contributed by atoms with E-state index in [2.05, 4.69) is 4.98 Å². The van der Waals surface area contributed by atoms with E-state index >= 15 is 0 Å². The summed E-state index contributed by atoms with van der Waals surface area (Å²) in [5, 5.41) is 0.965. The van der Waals surface area contributed by atoms with Crippen molar-refractivity contribution in [1.82, 2.24) is 4.98 Å². The lowest BCUT2D eigenvalue weighted by molar-refractivity contribution is -0.240. The summed E-state index contributed by atoms with van der Waals surface area (Å²) in [4.78, 5) is 30.0. The molecule has 3 aromatic rings. The fourth-order valence-electron chi connectivity index (χ4n) is 3.71. The number of para-hydroxylation sites is 1. The fourth-order valence-corrected chi connectivity index (χ4v) is 4.12. The summed E-state index contributed by atoms with van der Waals surface area (Å²) >= 11 is 1.64. The van der Waals surface area contributed by atoms with Crippen molar-refractivity contribution in [2.45, 2.75) is 30.4 Å². The Labute approximate surface area is 167 Å². The quantitative estimate of drug-likeness (QED) is 0.401. The van der Waals surface area contributed by atoms with Gasteiger partial charge in [0.05, 0.1) is 0 Å². The molecule has 2 heterocycles. The van der Waals surface area contributed by atoms with Crippen molar-refractivity contribution >= 4 is 34.6 Å². The van der Waals surface area contributed by atoms with Gasteiger partial charge in [-0.05, 0) is 35.6 Å². The highest BCUT2D eigenvalue weighted by Crippen LogP contribution is 2.41. The SMILES string of the molecule is CSc1ccc([C@H](c2c[nH]c3ccccc23)C2C(=O)OC(C)(C)OC2=O)cc1. The third-order valence-corrected chi connectivity index (χ3v) is 5.71. The van der Waals surface area contributed by atoms with E-state index in [4.69, 9.17) is 9.47 Å². The smallest absolute Gasteiger partial charge is 0.324 e. The van der Waals surface area contributed by atoms with Crippen molar-refractivity contribution in [3.05, 3.63) is 65.9 Å². The Hall–Kier alpha value is -2.73. The minimum atomic E-state index is -1.25. The second kappa shape index (κ2) is 7.02. The molecule has 1 N–H and O–H groups in total. The minimum Gasteiger partial charge on any atom is -0.422 e. The summed E-state index contributed by atoms with van der Waals surface area (Å²) in [5.41, 5.74) is 2.67. The maximum atomic E-state index is 12.9. The van der Waals surface area contributed by atoms with Gasteiger partial charge in [0.25, 0.3) is 5.79 Å². The number of hydrogen-bond donors (Lipinski definition) is 1. The van der Waals surface area contributed by atoms with Crippen LogP contribution in [-0.2, 0) is 19.1 Å². The predicted octanol–water partition coefficient (Wildman–Crippen LogP) is 4.47. The highest BCUT2D eigenvalue weighted by Gasteiger charge is 2.48. The van der Waals surface area contributed by atoms with Crippen molar-refractivity contribution in [3.8, 4) is 0 Å². The van der Waals surface area contributed by atoms with Crippen LogP contribution >= 0.6 is 11.8 Å². The van der Waals surface area contributed by atoms with Crippen LogP contribution in [0, 0.1) is 5.92 Å². The van der Waals surface area contributed by atoms with Crippen LogP contribution < -0.4 is 0 Å². The Morgan fingerprint density at radius 1 is 1.00 bits per heavy atom. The molecule has 28 heavy (non-hydrogen) atoms. The number of ether oxygens (including phenoxy) is 2. The van der Waals surface area contributed by atoms with Crippen LogP contribution in [-0.4, -0.2) is 29.0 Å². The summed E-state index contributed by atoms with van der Waals surface area (Å²) in [5.74, 6) is -3.95. The molecule has 1 aliphatic rings. The third kappa shape index (κ3) is 3.29. The fraction of sp³-hybridized carbons (Fsp3) is 0.273. The number of esters is 2. The van der Waals surface area contributed by atoms with Crippen LogP contribution in [0.15, 0.2) is 59.6 Å². The van der Waals surface area contributed by atoms with Crippen LogP contribution in [0.5, 0.6) is 0 Å². The molecule has 0 bridgehead atoms. The maximum Gasteiger partial charge on any atom is 0.324 e. The van der Waals surface area contributed by atoms with Crippen molar-refractivity contribution in [2.75, 3.05) is 6.26 Å². The Morgan fingerprint density at radius 3 is 2.29 bits per heavy atom. The van der Waals surface area contributed by atoms with Gasteiger partial charge in [0.2, 0.25) is 0 Å². The normalized spacial score (nSPS) is 18.0. The number of aromatic nitrogens is 1. The van der Waals surface area contributed by atoms with Crippen LogP contribution in [0.2, 0.25) is 0 Å². The van der Waals surface area contributed by atoms with E-state index in [1.165, 1.54) is 0 Å². The molecule has 2 aromatic carbocycles. The Balaban J connectivity index is 1.86. The Morgan fingerprint density at radius 2 is 1.64 bits per heavy atom. The molecule has 0 aliphatic carbocycles. The summed E-state index contributed by atoms with van der Waals surface area (Å²) in [7, 11) is 0. The molecule has 1 aliphatic heterocycles. The van der Waals surface area contributed by atoms with E-state index in [0.29, 0.717) is 0 Å². The molecule has 144 valence electrons. The number of benzene rings is 2. The number of carbonyl (C=O) groups is 2. The van der Waals surface area contributed by atoms with Gasteiger partial charge in [-0.25, -0.2) is 0 Å². The molecule has 4 rings (SSSR count). The molecule has 5 nitrogen and oxygen atoms in total. The molecule has 0 spiro atoms. The van der Waals surface area contributed by atoms with Gasteiger partial charge in [0.15, 0.2) is 5.92 Å². The number of cyclic esters (lactones) is 2. The number of nitrogens with one attached hydrogen (secondary N) is 1. The standard InChI is InChI=1S/C22H21NO4S/c1-22(2)26-20(24)19(21(25)27-22)18(13-8-10-14(28-3)11-9-13)16-12-23-17-7-5-4-6-15(16)17/h4-12,18-19,23H,1-3H3/t18-/m1/s1. The minimum absolute atomic E-state index is 0.511. The van der Waals surface area contributed by atoms with Crippen LogP contribution in [0.1, 0.15) is 30.9 Å². The van der Waals surface area contributed by atoms with E-state index in [0.717, 1.165) is 26.9 Å². The third-order valence-electron chi connectivity index (χ3n) is 4.97. The van der Waals surface area contributed by atoms with E-state index < -0.39 is 29.6 Å². The van der Waals surface area contributed by atoms with Crippen LogP contribution in [0.4, 0.5) is 0 Å². The molecule has 1 saturated heterocycles. The zero-order valence-corrected chi connectivity index (χ0v) is 16.7. The average Bonchev–Trinajstić information content (AvgIpc) is 3.08. The van der Waals surface area contributed by atoms with Crippen molar-refractivity contribution in [2.24, 2.45) is 5.92 Å². The number of hydrogen-bond acceptors (Lipinski definition) is 5. The van der Waals surface area contributed by atoms with E-state index in [1.54, 1.807) is 25.6 Å². The lowest BCUT2D eigenvalue weighted by Crippen LogP contribution is -2.48.